The van der Waals surface area contributed by atoms with Gasteiger partial charge in [-0.25, -0.2) is 0 Å². The van der Waals surface area contributed by atoms with E-state index in [1.54, 1.807) is 0 Å². The lowest BCUT2D eigenvalue weighted by molar-refractivity contribution is -0.121. The smallest absolute Gasteiger partial charge is 0.220 e. The van der Waals surface area contributed by atoms with Gasteiger partial charge in [-0.1, -0.05) is 12.1 Å². The minimum atomic E-state index is 0.0990. The van der Waals surface area contributed by atoms with Gasteiger partial charge in [0, 0.05) is 13.0 Å². The maximum absolute atomic E-state index is 11.4. The molecule has 0 aliphatic rings. The number of nitrogens with one attached hydrogen (secondary N) is 1. The van der Waals surface area contributed by atoms with Crippen molar-refractivity contribution < 1.29 is 4.79 Å². The van der Waals surface area contributed by atoms with E-state index in [2.05, 4.69) is 38.2 Å². The minimum absolute atomic E-state index is 0.0990. The van der Waals surface area contributed by atoms with Crippen molar-refractivity contribution in [3.8, 4) is 0 Å². The Morgan fingerprint density at radius 1 is 1.22 bits per heavy atom. The predicted octanol–water partition coefficient (Wildman–Crippen LogP) is 2.01. The predicted molar refractivity (Wildman–Crippen MR) is 75.7 cm³/mol. The van der Waals surface area contributed by atoms with Gasteiger partial charge in [0.1, 0.15) is 0 Å². The summed E-state index contributed by atoms with van der Waals surface area (Å²) in [4.78, 5) is 11.4. The van der Waals surface area contributed by atoms with Crippen LogP contribution in [0.5, 0.6) is 0 Å². The second-order valence-electron chi connectivity index (χ2n) is 4.78. The van der Waals surface area contributed by atoms with Crippen molar-refractivity contribution in [3.05, 3.63) is 34.4 Å². The van der Waals surface area contributed by atoms with E-state index in [0.29, 0.717) is 19.5 Å². The molecule has 3 nitrogen and oxygen atoms in total. The molecule has 0 bridgehead atoms. The summed E-state index contributed by atoms with van der Waals surface area (Å²) in [6.07, 6.45) is 2.18. The fraction of sp³-hybridized carbons (Fsp3) is 0.533. The van der Waals surface area contributed by atoms with Crippen LogP contribution in [0.2, 0.25) is 0 Å². The first kappa shape index (κ1) is 14.7. The molecule has 0 saturated heterocycles. The largest absolute Gasteiger partial charge is 0.356 e. The first-order valence-electron chi connectivity index (χ1n) is 6.58. The van der Waals surface area contributed by atoms with Crippen LogP contribution in [0.1, 0.15) is 35.1 Å². The van der Waals surface area contributed by atoms with Crippen molar-refractivity contribution in [1.29, 1.82) is 0 Å². The zero-order valence-electron chi connectivity index (χ0n) is 11.7. The third kappa shape index (κ3) is 4.15. The van der Waals surface area contributed by atoms with Crippen molar-refractivity contribution in [2.75, 3.05) is 13.1 Å². The van der Waals surface area contributed by atoms with Gasteiger partial charge in [-0.3, -0.25) is 4.79 Å². The number of hydrogen-bond donors (Lipinski definition) is 2. The molecule has 0 aliphatic carbocycles. The van der Waals surface area contributed by atoms with Crippen molar-refractivity contribution in [2.45, 2.75) is 40.0 Å². The molecule has 3 N–H and O–H groups in total. The molecule has 0 radical (unpaired) electrons. The summed E-state index contributed by atoms with van der Waals surface area (Å²) in [5.41, 5.74) is 10.7. The van der Waals surface area contributed by atoms with Gasteiger partial charge in [0.2, 0.25) is 5.91 Å². The summed E-state index contributed by atoms with van der Waals surface area (Å²) in [5, 5.41) is 2.93. The van der Waals surface area contributed by atoms with Gasteiger partial charge in [-0.2, -0.15) is 0 Å². The van der Waals surface area contributed by atoms with Gasteiger partial charge < -0.3 is 11.1 Å². The molecule has 0 heterocycles. The number of amides is 1. The fourth-order valence-corrected chi connectivity index (χ4v) is 1.97. The van der Waals surface area contributed by atoms with Gasteiger partial charge in [0.05, 0.1) is 0 Å². The summed E-state index contributed by atoms with van der Waals surface area (Å²) in [7, 11) is 0. The first-order chi connectivity index (χ1) is 8.56. The van der Waals surface area contributed by atoms with Crippen LogP contribution in [0.4, 0.5) is 0 Å². The molecule has 1 aromatic rings. The molecule has 100 valence electrons. The Bertz CT molecular complexity index is 413. The first-order valence-corrected chi connectivity index (χ1v) is 6.58. The number of carbonyl (C=O) groups is 1. The Morgan fingerprint density at radius 3 is 2.61 bits per heavy atom. The maximum Gasteiger partial charge on any atom is 0.220 e. The van der Waals surface area contributed by atoms with Gasteiger partial charge in [0.15, 0.2) is 0 Å². The molecule has 0 atom stereocenters. The summed E-state index contributed by atoms with van der Waals surface area (Å²) < 4.78 is 0. The van der Waals surface area contributed by atoms with E-state index in [0.717, 1.165) is 12.8 Å². The molecule has 1 aromatic carbocycles. The fourth-order valence-electron chi connectivity index (χ4n) is 1.97. The van der Waals surface area contributed by atoms with Gasteiger partial charge in [0.25, 0.3) is 0 Å². The van der Waals surface area contributed by atoms with Crippen LogP contribution in [0, 0.1) is 20.8 Å². The van der Waals surface area contributed by atoms with Crippen molar-refractivity contribution >= 4 is 5.91 Å². The third-order valence-electron chi connectivity index (χ3n) is 3.49. The number of hydrogen-bond acceptors (Lipinski definition) is 2. The Morgan fingerprint density at radius 2 is 1.94 bits per heavy atom. The molecule has 18 heavy (non-hydrogen) atoms. The molecule has 0 fully saturated rings. The highest BCUT2D eigenvalue weighted by molar-refractivity contribution is 5.75. The van der Waals surface area contributed by atoms with Crippen LogP contribution in [-0.4, -0.2) is 19.0 Å². The summed E-state index contributed by atoms with van der Waals surface area (Å²) in [6.45, 7) is 7.69. The Labute approximate surface area is 110 Å². The monoisotopic (exact) mass is 248 g/mol. The quantitative estimate of drug-likeness (QED) is 0.809. The zero-order valence-corrected chi connectivity index (χ0v) is 11.7. The van der Waals surface area contributed by atoms with Crippen molar-refractivity contribution in [2.24, 2.45) is 5.73 Å². The van der Waals surface area contributed by atoms with Crippen LogP contribution in [0.15, 0.2) is 12.1 Å². The van der Waals surface area contributed by atoms with Crippen molar-refractivity contribution in [1.82, 2.24) is 5.32 Å². The molecule has 1 rings (SSSR count). The summed E-state index contributed by atoms with van der Waals surface area (Å²) >= 11 is 0. The lowest BCUT2D eigenvalue weighted by atomic mass is 9.97. The highest BCUT2D eigenvalue weighted by Gasteiger charge is 2.04. The van der Waals surface area contributed by atoms with E-state index in [1.807, 2.05) is 0 Å². The van der Waals surface area contributed by atoms with Crippen LogP contribution >= 0.6 is 0 Å². The molecule has 0 spiro atoms. The lowest BCUT2D eigenvalue weighted by Crippen LogP contribution is -2.26. The Kier molecular flexibility index (Phi) is 5.86. The second-order valence-corrected chi connectivity index (χ2v) is 4.78. The average molecular weight is 248 g/mol. The molecule has 1 amide bonds. The zero-order chi connectivity index (χ0) is 13.5. The van der Waals surface area contributed by atoms with Crippen LogP contribution in [0.25, 0.3) is 0 Å². The molecule has 0 aromatic heterocycles. The average Bonchev–Trinajstić information content (AvgIpc) is 2.36. The second kappa shape index (κ2) is 7.17. The van der Waals surface area contributed by atoms with Crippen molar-refractivity contribution in [3.63, 3.8) is 0 Å². The highest BCUT2D eigenvalue weighted by atomic mass is 16.1. The van der Waals surface area contributed by atoms with E-state index in [9.17, 15) is 4.79 Å². The van der Waals surface area contributed by atoms with E-state index in [-0.39, 0.29) is 5.91 Å². The Hall–Kier alpha value is -1.35. The van der Waals surface area contributed by atoms with E-state index in [1.165, 1.54) is 22.3 Å². The van der Waals surface area contributed by atoms with Crippen LogP contribution in [0.3, 0.4) is 0 Å². The Balaban J connectivity index is 2.45. The number of nitrogens with two attached hydrogens (primary N) is 1. The van der Waals surface area contributed by atoms with E-state index < -0.39 is 0 Å². The molecule has 3 heteroatoms. The summed E-state index contributed by atoms with van der Waals surface area (Å²) in [6, 6.07) is 4.30. The molecule has 0 saturated carbocycles. The normalized spacial score (nSPS) is 10.4. The summed E-state index contributed by atoms with van der Waals surface area (Å²) in [5.74, 6) is 0.0990. The van der Waals surface area contributed by atoms with Gasteiger partial charge >= 0.3 is 0 Å². The SMILES string of the molecule is Cc1ccc(CCNC(=O)CCCN)c(C)c1C. The molecule has 0 aliphatic heterocycles. The number of rotatable bonds is 6. The standard InChI is InChI=1S/C15H24N2O/c1-11-6-7-14(13(3)12(11)2)8-10-17-15(18)5-4-9-16/h6-7H,4-5,8-10,16H2,1-3H3,(H,17,18). The number of benzene rings is 1. The van der Waals surface area contributed by atoms with Crippen LogP contribution < -0.4 is 11.1 Å². The van der Waals surface area contributed by atoms with E-state index >= 15 is 0 Å². The molecule has 0 unspecified atom stereocenters. The molecular formula is C15H24N2O. The number of carbonyl (C=O) groups excluding carboxylic acids is 1. The third-order valence-corrected chi connectivity index (χ3v) is 3.49. The van der Waals surface area contributed by atoms with Crippen LogP contribution in [-0.2, 0) is 11.2 Å². The topological polar surface area (TPSA) is 55.1 Å². The van der Waals surface area contributed by atoms with Gasteiger partial charge in [-0.05, 0) is 62.4 Å². The number of aryl methyl sites for hydroxylation is 1. The van der Waals surface area contributed by atoms with Gasteiger partial charge in [-0.15, -0.1) is 0 Å². The molecular weight excluding hydrogens is 224 g/mol. The lowest BCUT2D eigenvalue weighted by Gasteiger charge is -2.11. The van der Waals surface area contributed by atoms with E-state index in [4.69, 9.17) is 5.73 Å². The minimum Gasteiger partial charge on any atom is -0.356 e. The maximum atomic E-state index is 11.4. The highest BCUT2D eigenvalue weighted by Crippen LogP contribution is 2.17.